The highest BCUT2D eigenvalue weighted by molar-refractivity contribution is 8.13. The minimum atomic E-state index is -3.67. The molecule has 0 aromatic heterocycles. The van der Waals surface area contributed by atoms with E-state index < -0.39 is 15.0 Å². The van der Waals surface area contributed by atoms with Crippen molar-refractivity contribution in [2.45, 2.75) is 5.75 Å². The first-order chi connectivity index (χ1) is 7.33. The molecule has 88 valence electrons. The highest BCUT2D eigenvalue weighted by Gasteiger charge is 2.13. The summed E-state index contributed by atoms with van der Waals surface area (Å²) in [5, 5.41) is 0.159. The molecule has 0 N–H and O–H groups in total. The van der Waals surface area contributed by atoms with Gasteiger partial charge in [0.15, 0.2) is 0 Å². The van der Waals surface area contributed by atoms with Crippen LogP contribution in [0.4, 0.5) is 0 Å². The Bertz CT molecular complexity index is 510. The first kappa shape index (κ1) is 13.3. The predicted octanol–water partition coefficient (Wildman–Crippen LogP) is 2.20. The number of esters is 1. The average Bonchev–Trinajstić information content (AvgIpc) is 2.18. The van der Waals surface area contributed by atoms with Crippen molar-refractivity contribution in [2.75, 3.05) is 7.11 Å². The van der Waals surface area contributed by atoms with E-state index in [1.165, 1.54) is 25.3 Å². The number of hydrogen-bond donors (Lipinski definition) is 0. The van der Waals surface area contributed by atoms with Crippen molar-refractivity contribution in [3.8, 4) is 0 Å². The third-order valence-corrected chi connectivity index (χ3v) is 3.14. The Labute approximate surface area is 103 Å². The van der Waals surface area contributed by atoms with E-state index in [1.807, 2.05) is 0 Å². The molecule has 1 rings (SSSR count). The Morgan fingerprint density at radius 1 is 1.44 bits per heavy atom. The summed E-state index contributed by atoms with van der Waals surface area (Å²) in [4.78, 5) is 11.1. The van der Waals surface area contributed by atoms with Gasteiger partial charge in [-0.2, -0.15) is 0 Å². The van der Waals surface area contributed by atoms with Crippen molar-refractivity contribution in [3.63, 3.8) is 0 Å². The van der Waals surface area contributed by atoms with Crippen LogP contribution in [0.5, 0.6) is 0 Å². The molecule has 0 amide bonds. The van der Waals surface area contributed by atoms with Gasteiger partial charge in [0, 0.05) is 15.7 Å². The van der Waals surface area contributed by atoms with E-state index in [4.69, 9.17) is 22.3 Å². The van der Waals surface area contributed by atoms with Crippen LogP contribution in [0.15, 0.2) is 18.2 Å². The van der Waals surface area contributed by atoms with Crippen molar-refractivity contribution in [1.82, 2.24) is 0 Å². The van der Waals surface area contributed by atoms with Crippen molar-refractivity contribution in [2.24, 2.45) is 0 Å². The van der Waals surface area contributed by atoms with Crippen molar-refractivity contribution in [3.05, 3.63) is 34.3 Å². The highest BCUT2D eigenvalue weighted by atomic mass is 35.7. The molecule has 0 aliphatic carbocycles. The zero-order valence-electron chi connectivity index (χ0n) is 8.24. The molecular weight excluding hydrogens is 275 g/mol. The van der Waals surface area contributed by atoms with Crippen LogP contribution in [0, 0.1) is 0 Å². The maximum atomic E-state index is 11.1. The van der Waals surface area contributed by atoms with E-state index in [0.717, 1.165) is 0 Å². The molecule has 0 saturated heterocycles. The number of rotatable bonds is 3. The lowest BCUT2D eigenvalue weighted by atomic mass is 10.1. The van der Waals surface area contributed by atoms with Crippen molar-refractivity contribution >= 4 is 37.3 Å². The molecule has 0 atom stereocenters. The predicted molar refractivity (Wildman–Crippen MR) is 61.3 cm³/mol. The van der Waals surface area contributed by atoms with Gasteiger partial charge in [-0.05, 0) is 17.7 Å². The van der Waals surface area contributed by atoms with Crippen LogP contribution in [0.25, 0.3) is 0 Å². The molecule has 0 fully saturated rings. The van der Waals surface area contributed by atoms with Gasteiger partial charge in [0.1, 0.15) is 0 Å². The second-order valence-corrected chi connectivity index (χ2v) is 6.17. The van der Waals surface area contributed by atoms with Crippen LogP contribution in [0.1, 0.15) is 15.9 Å². The Hall–Kier alpha value is -0.780. The third kappa shape index (κ3) is 3.66. The summed E-state index contributed by atoms with van der Waals surface area (Å²) in [6, 6.07) is 4.19. The second-order valence-electron chi connectivity index (χ2n) is 2.98. The Morgan fingerprint density at radius 2 is 2.06 bits per heavy atom. The number of methoxy groups -OCH3 is 1. The smallest absolute Gasteiger partial charge is 0.337 e. The van der Waals surface area contributed by atoms with Gasteiger partial charge in [0.05, 0.1) is 18.4 Å². The number of carbonyl (C=O) groups is 1. The zero-order chi connectivity index (χ0) is 12.3. The quantitative estimate of drug-likeness (QED) is 0.630. The minimum absolute atomic E-state index is 0.159. The molecule has 16 heavy (non-hydrogen) atoms. The Kier molecular flexibility index (Phi) is 4.18. The summed E-state index contributed by atoms with van der Waals surface area (Å²) < 4.78 is 26.2. The average molecular weight is 283 g/mol. The molecule has 1 aromatic carbocycles. The monoisotopic (exact) mass is 282 g/mol. The summed E-state index contributed by atoms with van der Waals surface area (Å²) >= 11 is 5.81. The second kappa shape index (κ2) is 5.03. The molecular formula is C9H8Cl2O4S. The molecule has 0 heterocycles. The zero-order valence-corrected chi connectivity index (χ0v) is 10.6. The van der Waals surface area contributed by atoms with Gasteiger partial charge in [-0.15, -0.1) is 0 Å². The van der Waals surface area contributed by atoms with E-state index >= 15 is 0 Å². The Morgan fingerprint density at radius 3 is 2.50 bits per heavy atom. The Balaban J connectivity index is 3.05. The van der Waals surface area contributed by atoms with Crippen LogP contribution in [-0.2, 0) is 19.5 Å². The number of carbonyl (C=O) groups excluding carboxylic acids is 1. The van der Waals surface area contributed by atoms with Crippen LogP contribution in [0.3, 0.4) is 0 Å². The number of hydrogen-bond acceptors (Lipinski definition) is 4. The van der Waals surface area contributed by atoms with E-state index in [9.17, 15) is 13.2 Å². The van der Waals surface area contributed by atoms with Gasteiger partial charge in [-0.25, -0.2) is 13.2 Å². The van der Waals surface area contributed by atoms with Gasteiger partial charge < -0.3 is 4.74 Å². The summed E-state index contributed by atoms with van der Waals surface area (Å²) in [6.07, 6.45) is 0. The summed E-state index contributed by atoms with van der Waals surface area (Å²) in [6.45, 7) is 0. The fourth-order valence-electron chi connectivity index (χ4n) is 1.09. The number of benzene rings is 1. The van der Waals surface area contributed by atoms with Crippen LogP contribution in [0.2, 0.25) is 5.02 Å². The SMILES string of the molecule is COC(=O)c1ccc(CS(=O)(=O)Cl)c(Cl)c1. The molecule has 0 spiro atoms. The lowest BCUT2D eigenvalue weighted by Crippen LogP contribution is -2.02. The molecule has 7 heteroatoms. The molecule has 0 bridgehead atoms. The molecule has 0 saturated carbocycles. The maximum Gasteiger partial charge on any atom is 0.337 e. The molecule has 1 aromatic rings. The van der Waals surface area contributed by atoms with Gasteiger partial charge in [0.2, 0.25) is 9.05 Å². The number of ether oxygens (including phenoxy) is 1. The van der Waals surface area contributed by atoms with Gasteiger partial charge >= 0.3 is 5.97 Å². The van der Waals surface area contributed by atoms with E-state index in [2.05, 4.69) is 4.74 Å². The summed E-state index contributed by atoms with van der Waals surface area (Å²) in [5.74, 6) is -0.920. The van der Waals surface area contributed by atoms with Crippen LogP contribution in [-0.4, -0.2) is 21.5 Å². The fraction of sp³-hybridized carbons (Fsp3) is 0.222. The topological polar surface area (TPSA) is 60.4 Å². The van der Waals surface area contributed by atoms with Crippen molar-refractivity contribution < 1.29 is 17.9 Å². The van der Waals surface area contributed by atoms with Gasteiger partial charge in [0.25, 0.3) is 0 Å². The molecule has 0 radical (unpaired) electrons. The van der Waals surface area contributed by atoms with E-state index in [0.29, 0.717) is 5.56 Å². The lowest BCUT2D eigenvalue weighted by Gasteiger charge is -2.04. The van der Waals surface area contributed by atoms with Crippen LogP contribution >= 0.6 is 22.3 Å². The highest BCUT2D eigenvalue weighted by Crippen LogP contribution is 2.21. The normalized spacial score (nSPS) is 11.2. The molecule has 0 unspecified atom stereocenters. The summed E-state index contributed by atoms with van der Waals surface area (Å²) in [7, 11) is 2.67. The van der Waals surface area contributed by atoms with E-state index in [1.54, 1.807) is 0 Å². The lowest BCUT2D eigenvalue weighted by molar-refractivity contribution is 0.0600. The minimum Gasteiger partial charge on any atom is -0.465 e. The van der Waals surface area contributed by atoms with Gasteiger partial charge in [-0.1, -0.05) is 17.7 Å². The number of halogens is 2. The third-order valence-electron chi connectivity index (χ3n) is 1.80. The standard InChI is InChI=1S/C9H8Cl2O4S/c1-15-9(12)6-2-3-7(8(10)4-6)5-16(11,13)14/h2-4H,5H2,1H3. The molecule has 0 aliphatic rings. The van der Waals surface area contributed by atoms with Crippen molar-refractivity contribution in [1.29, 1.82) is 0 Å². The van der Waals surface area contributed by atoms with Gasteiger partial charge in [-0.3, -0.25) is 0 Å². The maximum absolute atomic E-state index is 11.1. The first-order valence-corrected chi connectivity index (χ1v) is 6.98. The fourth-order valence-corrected chi connectivity index (χ4v) is 2.40. The summed E-state index contributed by atoms with van der Waals surface area (Å²) in [5.41, 5.74) is 0.590. The molecule has 0 aliphatic heterocycles. The largest absolute Gasteiger partial charge is 0.465 e. The van der Waals surface area contributed by atoms with E-state index in [-0.39, 0.29) is 16.3 Å². The van der Waals surface area contributed by atoms with Crippen LogP contribution < -0.4 is 0 Å². The first-order valence-electron chi connectivity index (χ1n) is 4.12. The molecule has 4 nitrogen and oxygen atoms in total.